The Kier molecular flexibility index (Phi) is 6.30. The molecule has 2 saturated heterocycles. The molecule has 1 N–H and O–H groups in total. The van der Waals surface area contributed by atoms with Gasteiger partial charge in [-0.15, -0.1) is 0 Å². The molecule has 0 radical (unpaired) electrons. The summed E-state index contributed by atoms with van der Waals surface area (Å²) < 4.78 is 5.70. The van der Waals surface area contributed by atoms with Crippen molar-refractivity contribution in [2.45, 2.75) is 50.6 Å². The molecule has 154 valence electrons. The van der Waals surface area contributed by atoms with Crippen LogP contribution in [0.5, 0.6) is 0 Å². The van der Waals surface area contributed by atoms with Crippen LogP contribution in [0.2, 0.25) is 0 Å². The van der Waals surface area contributed by atoms with Gasteiger partial charge in [0.25, 0.3) is 0 Å². The summed E-state index contributed by atoms with van der Waals surface area (Å²) in [6, 6.07) is 12.9. The molecule has 4 rings (SSSR count). The maximum atomic E-state index is 13.0. The Bertz CT molecular complexity index is 798. The van der Waals surface area contributed by atoms with E-state index in [1.165, 1.54) is 25.7 Å². The molecule has 2 unspecified atom stereocenters. The molecule has 0 bridgehead atoms. The zero-order valence-electron chi connectivity index (χ0n) is 16.8. The highest BCUT2D eigenvalue weighted by atomic mass is 16.3. The number of para-hydroxylation sites is 1. The van der Waals surface area contributed by atoms with Crippen LogP contribution in [0.15, 0.2) is 53.1 Å². The molecule has 2 aromatic rings. The number of hydrogen-bond acceptors (Lipinski definition) is 4. The first-order valence-electron chi connectivity index (χ1n) is 10.7. The van der Waals surface area contributed by atoms with Crippen LogP contribution in [0.3, 0.4) is 0 Å². The van der Waals surface area contributed by atoms with Gasteiger partial charge in [-0.3, -0.25) is 19.4 Å². The predicted octanol–water partition coefficient (Wildman–Crippen LogP) is 3.51. The number of hydrogen-bond donors (Lipinski definition) is 1. The minimum Gasteiger partial charge on any atom is -0.468 e. The average molecular weight is 396 g/mol. The van der Waals surface area contributed by atoms with Gasteiger partial charge in [-0.2, -0.15) is 0 Å². The van der Waals surface area contributed by atoms with E-state index in [1.807, 2.05) is 42.5 Å². The summed E-state index contributed by atoms with van der Waals surface area (Å²) >= 11 is 0. The van der Waals surface area contributed by atoms with Crippen LogP contribution in [0.4, 0.5) is 5.69 Å². The summed E-state index contributed by atoms with van der Waals surface area (Å²) in [5.41, 5.74) is 0.783. The minimum atomic E-state index is -0.453. The lowest BCUT2D eigenvalue weighted by molar-refractivity contribution is -0.124. The Morgan fingerprint density at radius 3 is 2.52 bits per heavy atom. The molecule has 0 spiro atoms. The van der Waals surface area contributed by atoms with Crippen LogP contribution in [-0.4, -0.2) is 42.4 Å². The first-order chi connectivity index (χ1) is 14.2. The average Bonchev–Trinajstić information content (AvgIpc) is 3.32. The molecule has 6 heteroatoms. The number of amides is 2. The molecule has 0 aliphatic carbocycles. The minimum absolute atomic E-state index is 0.00597. The fourth-order valence-electron chi connectivity index (χ4n) is 4.46. The highest BCUT2D eigenvalue weighted by Crippen LogP contribution is 2.28. The Morgan fingerprint density at radius 2 is 1.83 bits per heavy atom. The Morgan fingerprint density at radius 1 is 1.07 bits per heavy atom. The van der Waals surface area contributed by atoms with Gasteiger partial charge in [-0.25, -0.2) is 0 Å². The van der Waals surface area contributed by atoms with Gasteiger partial charge in [-0.1, -0.05) is 31.0 Å². The molecule has 0 saturated carbocycles. The number of carbonyl (C=O) groups is 2. The van der Waals surface area contributed by atoms with Crippen molar-refractivity contribution < 1.29 is 14.0 Å². The number of benzene rings is 1. The molecule has 2 aliphatic heterocycles. The summed E-state index contributed by atoms with van der Waals surface area (Å²) in [7, 11) is 0. The number of likely N-dealkylation sites (tertiary alicyclic amines) is 1. The van der Waals surface area contributed by atoms with Gasteiger partial charge in [0.05, 0.1) is 12.3 Å². The maximum Gasteiger partial charge on any atom is 0.243 e. The second-order valence-electron chi connectivity index (χ2n) is 7.88. The van der Waals surface area contributed by atoms with Crippen molar-refractivity contribution in [1.29, 1.82) is 0 Å². The first kappa shape index (κ1) is 19.7. The molecule has 2 aliphatic rings. The SMILES string of the molecule is O=C(NCC(c1ccco1)N1CCCCCC1)C1CCC(=O)N1c1ccccc1. The van der Waals surface area contributed by atoms with E-state index in [-0.39, 0.29) is 17.9 Å². The van der Waals surface area contributed by atoms with E-state index in [1.54, 1.807) is 11.2 Å². The van der Waals surface area contributed by atoms with Crippen LogP contribution in [0.25, 0.3) is 0 Å². The molecular formula is C23H29N3O3. The van der Waals surface area contributed by atoms with Crippen molar-refractivity contribution in [3.05, 3.63) is 54.5 Å². The summed E-state index contributed by atoms with van der Waals surface area (Å²) in [6.07, 6.45) is 7.49. The van der Waals surface area contributed by atoms with Gasteiger partial charge < -0.3 is 9.73 Å². The van der Waals surface area contributed by atoms with Gasteiger partial charge in [0.15, 0.2) is 0 Å². The summed E-state index contributed by atoms with van der Waals surface area (Å²) in [5.74, 6) is 0.798. The number of rotatable bonds is 6. The Hall–Kier alpha value is -2.60. The number of carbonyl (C=O) groups excluding carboxylic acids is 2. The maximum absolute atomic E-state index is 13.0. The number of nitrogens with one attached hydrogen (secondary N) is 1. The zero-order chi connectivity index (χ0) is 20.1. The van der Waals surface area contributed by atoms with Crippen molar-refractivity contribution in [3.63, 3.8) is 0 Å². The van der Waals surface area contributed by atoms with E-state index in [9.17, 15) is 9.59 Å². The predicted molar refractivity (Wildman–Crippen MR) is 111 cm³/mol. The molecule has 3 heterocycles. The van der Waals surface area contributed by atoms with Gasteiger partial charge in [0, 0.05) is 18.7 Å². The second-order valence-corrected chi connectivity index (χ2v) is 7.88. The molecule has 6 nitrogen and oxygen atoms in total. The largest absolute Gasteiger partial charge is 0.468 e. The smallest absolute Gasteiger partial charge is 0.243 e. The van der Waals surface area contributed by atoms with E-state index in [0.717, 1.165) is 24.5 Å². The van der Waals surface area contributed by atoms with Crippen LogP contribution in [0.1, 0.15) is 50.3 Å². The quantitative estimate of drug-likeness (QED) is 0.813. The van der Waals surface area contributed by atoms with Crippen LogP contribution < -0.4 is 10.2 Å². The first-order valence-corrected chi connectivity index (χ1v) is 10.7. The van der Waals surface area contributed by atoms with E-state index >= 15 is 0 Å². The second kappa shape index (κ2) is 9.27. The summed E-state index contributed by atoms with van der Waals surface area (Å²) in [6.45, 7) is 2.51. The molecule has 29 heavy (non-hydrogen) atoms. The van der Waals surface area contributed by atoms with Crippen LogP contribution in [0, 0.1) is 0 Å². The van der Waals surface area contributed by atoms with Gasteiger partial charge in [0.2, 0.25) is 11.8 Å². The summed E-state index contributed by atoms with van der Waals surface area (Å²) in [4.78, 5) is 29.5. The van der Waals surface area contributed by atoms with E-state index < -0.39 is 6.04 Å². The lowest BCUT2D eigenvalue weighted by Gasteiger charge is -2.30. The highest BCUT2D eigenvalue weighted by molar-refractivity contribution is 6.03. The zero-order valence-corrected chi connectivity index (χ0v) is 16.8. The third-order valence-electron chi connectivity index (χ3n) is 5.97. The fourth-order valence-corrected chi connectivity index (χ4v) is 4.46. The molecule has 1 aromatic heterocycles. The number of furan rings is 1. The third kappa shape index (κ3) is 4.53. The van der Waals surface area contributed by atoms with Crippen molar-refractivity contribution in [1.82, 2.24) is 10.2 Å². The Labute approximate surface area is 171 Å². The molecule has 2 amide bonds. The highest BCUT2D eigenvalue weighted by Gasteiger charge is 2.37. The fraction of sp³-hybridized carbons (Fsp3) is 0.478. The Balaban J connectivity index is 1.45. The monoisotopic (exact) mass is 395 g/mol. The van der Waals surface area contributed by atoms with E-state index in [4.69, 9.17) is 4.42 Å². The van der Waals surface area contributed by atoms with E-state index in [0.29, 0.717) is 19.4 Å². The van der Waals surface area contributed by atoms with Crippen molar-refractivity contribution in [3.8, 4) is 0 Å². The number of nitrogens with zero attached hydrogens (tertiary/aromatic N) is 2. The van der Waals surface area contributed by atoms with Crippen molar-refractivity contribution >= 4 is 17.5 Å². The lowest BCUT2D eigenvalue weighted by atomic mass is 10.1. The van der Waals surface area contributed by atoms with Crippen LogP contribution in [-0.2, 0) is 9.59 Å². The normalized spacial score (nSPS) is 21.7. The molecule has 2 atom stereocenters. The third-order valence-corrected chi connectivity index (χ3v) is 5.97. The van der Waals surface area contributed by atoms with Gasteiger partial charge >= 0.3 is 0 Å². The van der Waals surface area contributed by atoms with E-state index in [2.05, 4.69) is 10.2 Å². The standard InChI is InChI=1S/C23H29N3O3/c27-22-13-12-19(26(22)18-9-4-3-5-10-18)23(28)24-17-20(21-11-8-16-29-21)25-14-6-1-2-7-15-25/h3-5,8-11,16,19-20H,1-2,6-7,12-15,17H2,(H,24,28). The number of anilines is 1. The van der Waals surface area contributed by atoms with Gasteiger partial charge in [-0.05, 0) is 56.6 Å². The molecule has 1 aromatic carbocycles. The summed E-state index contributed by atoms with van der Waals surface area (Å²) in [5, 5.41) is 3.12. The lowest BCUT2D eigenvalue weighted by Crippen LogP contribution is -2.47. The molecular weight excluding hydrogens is 366 g/mol. The van der Waals surface area contributed by atoms with Crippen molar-refractivity contribution in [2.75, 3.05) is 24.5 Å². The molecule has 2 fully saturated rings. The topological polar surface area (TPSA) is 65.8 Å². The van der Waals surface area contributed by atoms with Gasteiger partial charge in [0.1, 0.15) is 11.8 Å². The van der Waals surface area contributed by atoms with Crippen molar-refractivity contribution in [2.24, 2.45) is 0 Å². The van der Waals surface area contributed by atoms with Crippen LogP contribution >= 0.6 is 0 Å².